The Labute approximate surface area is 111 Å². The molecule has 0 saturated heterocycles. The summed E-state index contributed by atoms with van der Waals surface area (Å²) in [5.74, 6) is -0.198. The Bertz CT molecular complexity index is 234. The highest BCUT2D eigenvalue weighted by molar-refractivity contribution is 5.75. The van der Waals surface area contributed by atoms with E-state index in [-0.39, 0.29) is 18.1 Å². The number of nitrogens with one attached hydrogen (secondary N) is 1. The van der Waals surface area contributed by atoms with Crippen LogP contribution in [0.1, 0.15) is 27.2 Å². The van der Waals surface area contributed by atoms with E-state index in [1.54, 1.807) is 7.11 Å². The van der Waals surface area contributed by atoms with Crippen molar-refractivity contribution in [2.45, 2.75) is 45.3 Å². The lowest BCUT2D eigenvalue weighted by molar-refractivity contribution is -0.143. The van der Waals surface area contributed by atoms with Crippen molar-refractivity contribution in [3.8, 4) is 0 Å². The van der Waals surface area contributed by atoms with Crippen LogP contribution in [0.5, 0.6) is 0 Å². The van der Waals surface area contributed by atoms with Crippen molar-refractivity contribution in [1.82, 2.24) is 10.2 Å². The second kappa shape index (κ2) is 9.30. The molecule has 18 heavy (non-hydrogen) atoms. The number of esters is 1. The summed E-state index contributed by atoms with van der Waals surface area (Å²) < 4.78 is 9.92. The van der Waals surface area contributed by atoms with Crippen LogP contribution >= 0.6 is 0 Å². The molecule has 0 radical (unpaired) electrons. The Balaban J connectivity index is 4.20. The van der Waals surface area contributed by atoms with E-state index in [1.807, 2.05) is 20.9 Å². The summed E-state index contributed by atoms with van der Waals surface area (Å²) in [5.41, 5.74) is 0. The van der Waals surface area contributed by atoms with Crippen molar-refractivity contribution < 1.29 is 14.3 Å². The maximum Gasteiger partial charge on any atom is 0.322 e. The highest BCUT2D eigenvalue weighted by atomic mass is 16.5. The molecule has 0 aromatic heterocycles. The maximum absolute atomic E-state index is 11.6. The minimum Gasteiger partial charge on any atom is -0.468 e. The minimum absolute atomic E-state index is 0.198. The van der Waals surface area contributed by atoms with Crippen LogP contribution in [0.3, 0.4) is 0 Å². The van der Waals surface area contributed by atoms with E-state index in [0.29, 0.717) is 12.6 Å². The molecule has 0 amide bonds. The summed E-state index contributed by atoms with van der Waals surface area (Å²) in [7, 11) is 5.16. The molecule has 2 atom stereocenters. The number of methoxy groups -OCH3 is 2. The third-order valence-electron chi connectivity index (χ3n) is 2.95. The van der Waals surface area contributed by atoms with Crippen LogP contribution in [0.4, 0.5) is 0 Å². The molecule has 0 bridgehead atoms. The van der Waals surface area contributed by atoms with Gasteiger partial charge in [-0.3, -0.25) is 4.79 Å². The molecule has 5 heteroatoms. The highest BCUT2D eigenvalue weighted by Crippen LogP contribution is 2.03. The van der Waals surface area contributed by atoms with Crippen LogP contribution in [0.15, 0.2) is 0 Å². The number of carbonyl (C=O) groups excluding carboxylic acids is 1. The van der Waals surface area contributed by atoms with Crippen LogP contribution in [0, 0.1) is 0 Å². The van der Waals surface area contributed by atoms with Crippen LogP contribution in [-0.2, 0) is 14.3 Å². The number of carbonyl (C=O) groups is 1. The van der Waals surface area contributed by atoms with Gasteiger partial charge < -0.3 is 19.7 Å². The minimum atomic E-state index is -0.243. The van der Waals surface area contributed by atoms with Gasteiger partial charge in [0.1, 0.15) is 6.04 Å². The van der Waals surface area contributed by atoms with E-state index in [2.05, 4.69) is 17.1 Å². The van der Waals surface area contributed by atoms with Crippen molar-refractivity contribution in [1.29, 1.82) is 0 Å². The van der Waals surface area contributed by atoms with Gasteiger partial charge in [-0.25, -0.2) is 0 Å². The topological polar surface area (TPSA) is 50.8 Å². The van der Waals surface area contributed by atoms with Gasteiger partial charge in [0.2, 0.25) is 0 Å². The number of hydrogen-bond acceptors (Lipinski definition) is 5. The lowest BCUT2D eigenvalue weighted by Gasteiger charge is -2.26. The molecule has 108 valence electrons. The van der Waals surface area contributed by atoms with Gasteiger partial charge in [-0.2, -0.15) is 0 Å². The molecular formula is C13H28N2O3. The molecule has 0 aromatic carbocycles. The van der Waals surface area contributed by atoms with Gasteiger partial charge >= 0.3 is 5.97 Å². The van der Waals surface area contributed by atoms with Crippen LogP contribution in [-0.4, -0.2) is 63.4 Å². The van der Waals surface area contributed by atoms with E-state index >= 15 is 0 Å². The van der Waals surface area contributed by atoms with E-state index in [1.165, 1.54) is 7.11 Å². The summed E-state index contributed by atoms with van der Waals surface area (Å²) in [4.78, 5) is 13.8. The lowest BCUT2D eigenvalue weighted by atomic mass is 10.1. The lowest BCUT2D eigenvalue weighted by Crippen LogP contribution is -2.44. The molecule has 0 aliphatic heterocycles. The van der Waals surface area contributed by atoms with E-state index in [9.17, 15) is 4.79 Å². The van der Waals surface area contributed by atoms with Crippen LogP contribution < -0.4 is 5.32 Å². The van der Waals surface area contributed by atoms with Gasteiger partial charge in [0, 0.05) is 25.7 Å². The second-order valence-corrected chi connectivity index (χ2v) is 4.97. The number of nitrogens with zero attached hydrogens (tertiary/aromatic N) is 1. The van der Waals surface area contributed by atoms with Gasteiger partial charge in [0.05, 0.1) is 13.7 Å². The molecule has 0 spiro atoms. The fourth-order valence-corrected chi connectivity index (χ4v) is 1.74. The monoisotopic (exact) mass is 260 g/mol. The van der Waals surface area contributed by atoms with Crippen molar-refractivity contribution >= 4 is 5.97 Å². The molecule has 0 aliphatic carbocycles. The molecule has 0 aliphatic rings. The smallest absolute Gasteiger partial charge is 0.322 e. The third kappa shape index (κ3) is 6.93. The Hall–Kier alpha value is -0.650. The van der Waals surface area contributed by atoms with Crippen LogP contribution in [0.25, 0.3) is 0 Å². The quantitative estimate of drug-likeness (QED) is 0.624. The molecule has 5 nitrogen and oxygen atoms in total. The zero-order valence-electron chi connectivity index (χ0n) is 12.5. The van der Waals surface area contributed by atoms with Crippen molar-refractivity contribution in [2.75, 3.05) is 34.4 Å². The van der Waals surface area contributed by atoms with Crippen molar-refractivity contribution in [2.24, 2.45) is 0 Å². The Morgan fingerprint density at radius 2 is 1.89 bits per heavy atom. The fourth-order valence-electron chi connectivity index (χ4n) is 1.74. The summed E-state index contributed by atoms with van der Waals surface area (Å²) in [6, 6.07) is 0.357. The first-order valence-electron chi connectivity index (χ1n) is 6.45. The molecule has 2 unspecified atom stereocenters. The van der Waals surface area contributed by atoms with Crippen molar-refractivity contribution in [3.05, 3.63) is 0 Å². The standard InChI is InChI=1S/C13H28N2O3/c1-10(2)14-12(13(16)18-6)7-8-15(4)11(3)9-17-5/h10-12,14H,7-9H2,1-6H3. The van der Waals surface area contributed by atoms with Crippen molar-refractivity contribution in [3.63, 3.8) is 0 Å². The summed E-state index contributed by atoms with van der Waals surface area (Å²) >= 11 is 0. The van der Waals surface area contributed by atoms with E-state index in [4.69, 9.17) is 9.47 Å². The zero-order valence-corrected chi connectivity index (χ0v) is 12.5. The largest absolute Gasteiger partial charge is 0.468 e. The fraction of sp³-hybridized carbons (Fsp3) is 0.923. The number of rotatable bonds is 9. The molecule has 0 fully saturated rings. The molecular weight excluding hydrogens is 232 g/mol. The average molecular weight is 260 g/mol. The molecule has 0 aromatic rings. The maximum atomic E-state index is 11.6. The summed E-state index contributed by atoms with van der Waals surface area (Å²) in [6.45, 7) is 7.66. The average Bonchev–Trinajstić information content (AvgIpc) is 2.32. The van der Waals surface area contributed by atoms with Gasteiger partial charge in [-0.1, -0.05) is 13.8 Å². The predicted molar refractivity (Wildman–Crippen MR) is 72.7 cm³/mol. The Kier molecular flexibility index (Phi) is 8.97. The molecule has 0 rings (SSSR count). The first-order valence-corrected chi connectivity index (χ1v) is 6.45. The van der Waals surface area contributed by atoms with Crippen LogP contribution in [0.2, 0.25) is 0 Å². The number of ether oxygens (including phenoxy) is 2. The molecule has 1 N–H and O–H groups in total. The SMILES string of the molecule is COCC(C)N(C)CCC(NC(C)C)C(=O)OC. The number of hydrogen-bond donors (Lipinski definition) is 1. The first-order chi connectivity index (χ1) is 8.42. The predicted octanol–water partition coefficient (Wildman–Crippen LogP) is 0.883. The third-order valence-corrected chi connectivity index (χ3v) is 2.95. The second-order valence-electron chi connectivity index (χ2n) is 4.97. The Morgan fingerprint density at radius 3 is 2.33 bits per heavy atom. The highest BCUT2D eigenvalue weighted by Gasteiger charge is 2.21. The van der Waals surface area contributed by atoms with Gasteiger partial charge in [-0.05, 0) is 20.4 Å². The Morgan fingerprint density at radius 1 is 1.28 bits per heavy atom. The molecule has 0 saturated carbocycles. The van der Waals surface area contributed by atoms with Gasteiger partial charge in [0.15, 0.2) is 0 Å². The van der Waals surface area contributed by atoms with E-state index < -0.39 is 0 Å². The summed E-state index contributed by atoms with van der Waals surface area (Å²) in [5, 5.41) is 3.22. The normalized spacial score (nSPS) is 14.9. The zero-order chi connectivity index (χ0) is 14.1. The molecule has 0 heterocycles. The van der Waals surface area contributed by atoms with Gasteiger partial charge in [-0.15, -0.1) is 0 Å². The van der Waals surface area contributed by atoms with E-state index in [0.717, 1.165) is 13.0 Å². The summed E-state index contributed by atoms with van der Waals surface area (Å²) in [6.07, 6.45) is 0.732. The number of likely N-dealkylation sites (N-methyl/N-ethyl adjacent to an activating group) is 1. The van der Waals surface area contributed by atoms with Gasteiger partial charge in [0.25, 0.3) is 0 Å². The first kappa shape index (κ1) is 17.4.